The summed E-state index contributed by atoms with van der Waals surface area (Å²) in [6.45, 7) is 2.04. The molecule has 20 aromatic rings. The largest absolute Gasteiger partial charge is 0.497 e. The quantitative estimate of drug-likeness (QED) is 0.106. The molecule has 0 saturated carbocycles. The molecular formula is C94H61N3O2. The normalized spacial score (nSPS) is 11.9. The number of aldehydes is 1. The molecule has 17 aromatic carbocycles. The summed E-state index contributed by atoms with van der Waals surface area (Å²) in [4.78, 5) is 24.8. The van der Waals surface area contributed by atoms with E-state index in [-0.39, 0.29) is 0 Å². The van der Waals surface area contributed by atoms with Crippen molar-refractivity contribution < 1.29 is 9.53 Å². The molecule has 0 aliphatic carbocycles. The van der Waals surface area contributed by atoms with Crippen LogP contribution in [-0.2, 0) is 0 Å². The smallest absolute Gasteiger partial charge is 0.150 e. The van der Waals surface area contributed by atoms with Gasteiger partial charge in [0.15, 0.2) is 0 Å². The van der Waals surface area contributed by atoms with Gasteiger partial charge >= 0.3 is 0 Å². The number of aryl methyl sites for hydroxylation is 1. The Morgan fingerprint density at radius 1 is 0.273 bits per heavy atom. The summed E-state index contributed by atoms with van der Waals surface area (Å²) < 4.78 is 4.90. The molecule has 0 aliphatic heterocycles. The summed E-state index contributed by atoms with van der Waals surface area (Å²) in [5.74, 6) is 0.769. The van der Waals surface area contributed by atoms with Crippen LogP contribution in [0.15, 0.2) is 303 Å². The average molecular weight is 1260 g/mol. The van der Waals surface area contributed by atoms with Crippen LogP contribution in [0.25, 0.3) is 187 Å². The van der Waals surface area contributed by atoms with Crippen LogP contribution in [0, 0.1) is 6.92 Å². The molecule has 464 valence electrons. The minimum atomic E-state index is 0.667. The van der Waals surface area contributed by atoms with Crippen molar-refractivity contribution in [1.82, 2.24) is 15.0 Å². The predicted molar refractivity (Wildman–Crippen MR) is 420 cm³/mol. The predicted octanol–water partition coefficient (Wildman–Crippen LogP) is 24.9. The molecule has 0 spiro atoms. The van der Waals surface area contributed by atoms with Crippen LogP contribution in [0.5, 0.6) is 5.75 Å². The van der Waals surface area contributed by atoms with E-state index in [1.807, 2.05) is 6.92 Å². The minimum Gasteiger partial charge on any atom is -0.497 e. The molecule has 0 N–H and O–H groups in total. The van der Waals surface area contributed by atoms with Gasteiger partial charge < -0.3 is 4.74 Å². The SMILES string of the molecule is C(=C\c1ccc2cc(-c3ccc4ccc5cccc6ccc3c4c56)ccc2n1)/c1ccc(/C=C/c2ccc3cc(-c4ccc5ccc6cccc7ccc4c5c67)ccc3n2)cc1.COc1ccc(C=O)cc1.Cc1ccc2cc(-c3ccc4ccc5cccc6ccc3c4c56)ccc2n1. The number of benzene rings is 17. The van der Waals surface area contributed by atoms with Gasteiger partial charge in [0.05, 0.1) is 35.0 Å². The lowest BCUT2D eigenvalue weighted by Crippen LogP contribution is -1.88. The summed E-state index contributed by atoms with van der Waals surface area (Å²) in [6.07, 6.45) is 9.24. The molecule has 3 heterocycles. The Bertz CT molecular complexity index is 6300. The zero-order chi connectivity index (χ0) is 66.1. The first-order valence-corrected chi connectivity index (χ1v) is 33.6. The van der Waals surface area contributed by atoms with Gasteiger partial charge in [-0.2, -0.15) is 0 Å². The van der Waals surface area contributed by atoms with E-state index in [2.05, 4.69) is 308 Å². The Kier molecular flexibility index (Phi) is 14.4. The molecule has 20 rings (SSSR count). The van der Waals surface area contributed by atoms with Crippen molar-refractivity contribution in [2.45, 2.75) is 6.92 Å². The number of aromatic nitrogens is 3. The van der Waals surface area contributed by atoms with Crippen LogP contribution in [-0.4, -0.2) is 28.3 Å². The van der Waals surface area contributed by atoms with E-state index in [4.69, 9.17) is 14.7 Å². The van der Waals surface area contributed by atoms with Crippen molar-refractivity contribution in [3.63, 3.8) is 0 Å². The van der Waals surface area contributed by atoms with Gasteiger partial charge in [0.2, 0.25) is 0 Å². The topological polar surface area (TPSA) is 65.0 Å². The lowest BCUT2D eigenvalue weighted by molar-refractivity contribution is 0.112. The van der Waals surface area contributed by atoms with E-state index in [9.17, 15) is 4.79 Å². The molecule has 99 heavy (non-hydrogen) atoms. The first-order chi connectivity index (χ1) is 48.8. The Labute approximate surface area is 571 Å². The molecule has 0 aliphatic rings. The molecule has 5 heteroatoms. The van der Waals surface area contributed by atoms with E-state index >= 15 is 0 Å². The van der Waals surface area contributed by atoms with Gasteiger partial charge in [0.1, 0.15) is 12.0 Å². The number of hydrogen-bond donors (Lipinski definition) is 0. The van der Waals surface area contributed by atoms with Crippen molar-refractivity contribution >= 4 is 160 Å². The van der Waals surface area contributed by atoms with Gasteiger partial charge in [-0.05, 0) is 239 Å². The van der Waals surface area contributed by atoms with Crippen molar-refractivity contribution in [3.8, 4) is 39.1 Å². The molecule has 0 fully saturated rings. The Morgan fingerprint density at radius 3 is 0.949 bits per heavy atom. The van der Waals surface area contributed by atoms with Gasteiger partial charge in [-0.3, -0.25) is 9.78 Å². The fourth-order valence-corrected chi connectivity index (χ4v) is 14.9. The zero-order valence-corrected chi connectivity index (χ0v) is 54.4. The summed E-state index contributed by atoms with van der Waals surface area (Å²) in [6, 6.07) is 108. The maximum atomic E-state index is 10.2. The lowest BCUT2D eigenvalue weighted by atomic mass is 9.89. The van der Waals surface area contributed by atoms with Crippen LogP contribution < -0.4 is 4.74 Å². The van der Waals surface area contributed by atoms with E-state index in [1.54, 1.807) is 31.4 Å². The highest BCUT2D eigenvalue weighted by Crippen LogP contribution is 2.44. The van der Waals surface area contributed by atoms with Gasteiger partial charge in [0, 0.05) is 27.4 Å². The first-order valence-electron chi connectivity index (χ1n) is 33.6. The third kappa shape index (κ3) is 10.7. The van der Waals surface area contributed by atoms with Crippen molar-refractivity contribution in [2.24, 2.45) is 0 Å². The van der Waals surface area contributed by atoms with E-state index in [0.29, 0.717) is 5.56 Å². The second-order valence-corrected chi connectivity index (χ2v) is 25.8. The number of ether oxygens (including phenoxy) is 1. The number of rotatable bonds is 9. The number of nitrogens with zero attached hydrogens (tertiary/aromatic N) is 3. The third-order valence-electron chi connectivity index (χ3n) is 19.9. The van der Waals surface area contributed by atoms with Gasteiger partial charge in [-0.25, -0.2) is 9.97 Å². The molecule has 0 radical (unpaired) electrons. The monoisotopic (exact) mass is 1260 g/mol. The highest BCUT2D eigenvalue weighted by atomic mass is 16.5. The number of pyridine rings is 3. The number of methoxy groups -OCH3 is 1. The number of fused-ring (bicyclic) bond motifs is 3. The Balaban J connectivity index is 0.000000156. The summed E-state index contributed by atoms with van der Waals surface area (Å²) in [7, 11) is 1.59. The van der Waals surface area contributed by atoms with Crippen LogP contribution >= 0.6 is 0 Å². The summed E-state index contributed by atoms with van der Waals surface area (Å²) in [5, 5.41) is 27.1. The van der Waals surface area contributed by atoms with Crippen molar-refractivity contribution in [3.05, 3.63) is 337 Å². The molecular weight excluding hydrogens is 1200 g/mol. The second-order valence-electron chi connectivity index (χ2n) is 25.8. The average Bonchev–Trinajstić information content (AvgIpc) is 0.750. The van der Waals surface area contributed by atoms with Gasteiger partial charge in [-0.15, -0.1) is 0 Å². The van der Waals surface area contributed by atoms with E-state index in [1.165, 1.54) is 136 Å². The molecule has 5 nitrogen and oxygen atoms in total. The Hall–Kier alpha value is -13.0. The number of hydrogen-bond acceptors (Lipinski definition) is 5. The second kappa shape index (κ2) is 24.4. The number of carbonyl (C=O) groups is 1. The molecule has 0 atom stereocenters. The fraction of sp³-hybridized carbons (Fsp3) is 0.0213. The molecule has 0 amide bonds. The van der Waals surface area contributed by atoms with E-state index < -0.39 is 0 Å². The standard InChI is InChI=1S/C60H36N2.C26H17N.C8H8O2/c1-3-39-13-15-43-19-29-51(53-31-21-41(5-1)57(39)59(43)53)45-23-33-55-47(35-45)17-27-49(61-55)25-11-37-7-9-38(10-8-37)12-26-50-28-18-48-36-46(24-34-56(48)62-50)52-30-20-44-16-14-40-4-2-6-42-22-32-54(52)60(44)58(40)42;1-16-5-6-21-15-20(11-14-24(21)27-16)22-12-9-19-8-7-17-3-2-4-18-10-13-23(22)26(19)25(17)18;1-10-8-4-2-7(6-9)3-5-8/h1-36H;2-15H,1H3;2-6H,1H3/b25-11+,26-12+;;. The fourth-order valence-electron chi connectivity index (χ4n) is 14.9. The highest BCUT2D eigenvalue weighted by molar-refractivity contribution is 6.28. The maximum Gasteiger partial charge on any atom is 0.150 e. The lowest BCUT2D eigenvalue weighted by Gasteiger charge is -2.14. The molecule has 0 unspecified atom stereocenters. The summed E-state index contributed by atoms with van der Waals surface area (Å²) >= 11 is 0. The van der Waals surface area contributed by atoms with Gasteiger partial charge in [0.25, 0.3) is 0 Å². The Morgan fingerprint density at radius 2 is 0.586 bits per heavy atom. The van der Waals surface area contributed by atoms with E-state index in [0.717, 1.165) is 67.6 Å². The summed E-state index contributed by atoms with van der Waals surface area (Å²) in [5.41, 5.74) is 16.3. The third-order valence-corrected chi connectivity index (χ3v) is 19.9. The zero-order valence-electron chi connectivity index (χ0n) is 54.4. The minimum absolute atomic E-state index is 0.667. The van der Waals surface area contributed by atoms with Crippen LogP contribution in [0.3, 0.4) is 0 Å². The first kappa shape index (κ1) is 58.6. The molecule has 3 aromatic heterocycles. The van der Waals surface area contributed by atoms with Gasteiger partial charge in [-0.1, -0.05) is 237 Å². The van der Waals surface area contributed by atoms with Crippen LogP contribution in [0.1, 0.15) is 38.6 Å². The van der Waals surface area contributed by atoms with Crippen LogP contribution in [0.4, 0.5) is 0 Å². The van der Waals surface area contributed by atoms with Crippen molar-refractivity contribution in [2.75, 3.05) is 7.11 Å². The maximum absolute atomic E-state index is 10.2. The van der Waals surface area contributed by atoms with Crippen LogP contribution in [0.2, 0.25) is 0 Å². The molecule has 0 saturated heterocycles. The molecule has 0 bridgehead atoms. The van der Waals surface area contributed by atoms with Crippen molar-refractivity contribution in [1.29, 1.82) is 0 Å². The highest BCUT2D eigenvalue weighted by Gasteiger charge is 2.17. The number of carbonyl (C=O) groups excluding carboxylic acids is 1.